The molecular weight excluding hydrogens is 504 g/mol. The van der Waals surface area contributed by atoms with Gasteiger partial charge in [-0.25, -0.2) is 14.4 Å². The third-order valence-corrected chi connectivity index (χ3v) is 5.72. The van der Waals surface area contributed by atoms with Gasteiger partial charge in [0.2, 0.25) is 0 Å². The SMILES string of the molecule is O=C(N[C@@H](CCCCNC(=O)c1cccc(O)c1C(=O)O)C(=O)OCc1ccccc1)OCc1ccccc1. The highest BCUT2D eigenvalue weighted by Crippen LogP contribution is 2.21. The second-order valence-corrected chi connectivity index (χ2v) is 8.61. The summed E-state index contributed by atoms with van der Waals surface area (Å²) in [5.74, 6) is -3.19. The van der Waals surface area contributed by atoms with Crippen LogP contribution in [-0.4, -0.2) is 46.7 Å². The minimum absolute atomic E-state index is 0.0395. The quantitative estimate of drug-likeness (QED) is 0.190. The molecule has 10 heteroatoms. The molecule has 0 aliphatic rings. The van der Waals surface area contributed by atoms with Crippen molar-refractivity contribution >= 4 is 23.9 Å². The molecular formula is C29H30N2O8. The fourth-order valence-corrected chi connectivity index (χ4v) is 3.71. The predicted octanol–water partition coefficient (Wildman–Crippen LogP) is 4.03. The monoisotopic (exact) mass is 534 g/mol. The number of ether oxygens (including phenoxy) is 2. The maximum absolute atomic E-state index is 12.8. The van der Waals surface area contributed by atoms with Gasteiger partial charge in [0.25, 0.3) is 5.91 Å². The molecule has 2 amide bonds. The van der Waals surface area contributed by atoms with Crippen LogP contribution in [0.25, 0.3) is 0 Å². The predicted molar refractivity (Wildman–Crippen MR) is 141 cm³/mol. The average Bonchev–Trinajstić information content (AvgIpc) is 2.94. The van der Waals surface area contributed by atoms with Crippen LogP contribution in [0.4, 0.5) is 4.79 Å². The fraction of sp³-hybridized carbons (Fsp3) is 0.241. The van der Waals surface area contributed by atoms with Crippen molar-refractivity contribution in [3.63, 3.8) is 0 Å². The summed E-state index contributed by atoms with van der Waals surface area (Å²) >= 11 is 0. The number of carboxylic acids is 1. The van der Waals surface area contributed by atoms with Crippen LogP contribution >= 0.6 is 0 Å². The van der Waals surface area contributed by atoms with Crippen LogP contribution in [0.15, 0.2) is 78.9 Å². The first-order valence-electron chi connectivity index (χ1n) is 12.4. The summed E-state index contributed by atoms with van der Waals surface area (Å²) in [6, 6.07) is 21.1. The van der Waals surface area contributed by atoms with Gasteiger partial charge in [0.15, 0.2) is 0 Å². The van der Waals surface area contributed by atoms with Gasteiger partial charge in [-0.3, -0.25) is 4.79 Å². The lowest BCUT2D eigenvalue weighted by Crippen LogP contribution is -2.42. The van der Waals surface area contributed by atoms with E-state index in [1.165, 1.54) is 18.2 Å². The molecule has 4 N–H and O–H groups in total. The largest absolute Gasteiger partial charge is 0.507 e. The highest BCUT2D eigenvalue weighted by atomic mass is 16.6. The van der Waals surface area contributed by atoms with E-state index in [2.05, 4.69) is 10.6 Å². The molecule has 3 rings (SSSR count). The molecule has 204 valence electrons. The van der Waals surface area contributed by atoms with Gasteiger partial charge in [-0.2, -0.15) is 0 Å². The second kappa shape index (κ2) is 14.8. The third kappa shape index (κ3) is 9.19. The normalized spacial score (nSPS) is 11.2. The summed E-state index contributed by atoms with van der Waals surface area (Å²) in [6.45, 7) is 0.262. The first-order valence-corrected chi connectivity index (χ1v) is 12.4. The number of alkyl carbamates (subject to hydrolysis) is 1. The number of hydrogen-bond acceptors (Lipinski definition) is 7. The van der Waals surface area contributed by atoms with E-state index in [-0.39, 0.29) is 31.7 Å². The number of phenols is 1. The van der Waals surface area contributed by atoms with Crippen molar-refractivity contribution in [2.75, 3.05) is 6.54 Å². The lowest BCUT2D eigenvalue weighted by atomic mass is 10.1. The highest BCUT2D eigenvalue weighted by molar-refractivity contribution is 6.06. The van der Waals surface area contributed by atoms with Crippen LogP contribution < -0.4 is 10.6 Å². The molecule has 0 aliphatic carbocycles. The van der Waals surface area contributed by atoms with Gasteiger partial charge < -0.3 is 30.3 Å². The van der Waals surface area contributed by atoms with Gasteiger partial charge in [0.05, 0.1) is 5.56 Å². The molecule has 0 radical (unpaired) electrons. The van der Waals surface area contributed by atoms with Crippen LogP contribution in [0, 0.1) is 0 Å². The fourth-order valence-electron chi connectivity index (χ4n) is 3.71. The van der Waals surface area contributed by atoms with Crippen LogP contribution in [-0.2, 0) is 27.5 Å². The van der Waals surface area contributed by atoms with E-state index in [0.29, 0.717) is 12.8 Å². The van der Waals surface area contributed by atoms with Crippen LogP contribution in [0.5, 0.6) is 5.75 Å². The molecule has 0 aliphatic heterocycles. The zero-order valence-corrected chi connectivity index (χ0v) is 21.2. The van der Waals surface area contributed by atoms with E-state index in [4.69, 9.17) is 9.47 Å². The number of nitrogens with one attached hydrogen (secondary N) is 2. The minimum Gasteiger partial charge on any atom is -0.507 e. The number of rotatable bonds is 13. The molecule has 39 heavy (non-hydrogen) atoms. The molecule has 0 bridgehead atoms. The van der Waals surface area contributed by atoms with Crippen molar-refractivity contribution < 1.29 is 38.9 Å². The summed E-state index contributed by atoms with van der Waals surface area (Å²) in [4.78, 5) is 49.0. The van der Waals surface area contributed by atoms with Gasteiger partial charge in [-0.15, -0.1) is 0 Å². The van der Waals surface area contributed by atoms with Crippen molar-refractivity contribution in [1.29, 1.82) is 0 Å². The molecule has 0 unspecified atom stereocenters. The molecule has 0 saturated heterocycles. The number of aromatic hydroxyl groups is 1. The van der Waals surface area contributed by atoms with Crippen molar-refractivity contribution in [2.45, 2.75) is 38.5 Å². The number of benzene rings is 3. The van der Waals surface area contributed by atoms with Gasteiger partial charge in [0, 0.05) is 6.54 Å². The zero-order valence-electron chi connectivity index (χ0n) is 21.2. The number of carboxylic acid groups (broad SMARTS) is 1. The van der Waals surface area contributed by atoms with E-state index in [1.807, 2.05) is 60.7 Å². The summed E-state index contributed by atoms with van der Waals surface area (Å²) in [7, 11) is 0. The second-order valence-electron chi connectivity index (χ2n) is 8.61. The lowest BCUT2D eigenvalue weighted by molar-refractivity contribution is -0.147. The summed E-state index contributed by atoms with van der Waals surface area (Å²) in [5, 5.41) is 24.2. The third-order valence-electron chi connectivity index (χ3n) is 5.72. The number of carbonyl (C=O) groups is 4. The van der Waals surface area contributed by atoms with Crippen LogP contribution in [0.1, 0.15) is 51.1 Å². The van der Waals surface area contributed by atoms with Crippen molar-refractivity contribution in [2.24, 2.45) is 0 Å². The zero-order chi connectivity index (χ0) is 28.0. The number of carbonyl (C=O) groups excluding carboxylic acids is 3. The first kappa shape index (κ1) is 28.7. The van der Waals surface area contributed by atoms with E-state index < -0.39 is 41.3 Å². The molecule has 10 nitrogen and oxygen atoms in total. The Hall–Kier alpha value is -4.86. The number of esters is 1. The Bertz CT molecular complexity index is 1260. The van der Waals surface area contributed by atoms with Gasteiger partial charge in [-0.05, 0) is 42.5 Å². The highest BCUT2D eigenvalue weighted by Gasteiger charge is 2.23. The number of amides is 2. The average molecular weight is 535 g/mol. The van der Waals surface area contributed by atoms with Crippen molar-refractivity contribution in [3.8, 4) is 5.75 Å². The molecule has 0 saturated carbocycles. The molecule has 3 aromatic rings. The van der Waals surface area contributed by atoms with E-state index >= 15 is 0 Å². The Morgan fingerprint density at radius 2 is 1.38 bits per heavy atom. The van der Waals surface area contributed by atoms with Gasteiger partial charge in [-0.1, -0.05) is 66.7 Å². The van der Waals surface area contributed by atoms with E-state index in [9.17, 15) is 29.4 Å². The van der Waals surface area contributed by atoms with Gasteiger partial charge in [0.1, 0.15) is 30.6 Å². The maximum Gasteiger partial charge on any atom is 0.408 e. The summed E-state index contributed by atoms with van der Waals surface area (Å²) in [5.41, 5.74) is 0.957. The standard InChI is InChI=1S/C29H30N2O8/c32-24-16-9-14-22(25(24)27(34)35)26(33)30-17-8-7-15-23(28(36)38-18-20-10-3-1-4-11-20)31-29(37)39-19-21-12-5-2-6-13-21/h1-6,9-14,16,23,32H,7-8,15,17-19H2,(H,30,33)(H,31,37)(H,34,35)/t23-/m0/s1. The maximum atomic E-state index is 12.8. The Labute approximate surface area is 225 Å². The molecule has 1 atom stereocenters. The van der Waals surface area contributed by atoms with Gasteiger partial charge >= 0.3 is 18.0 Å². The summed E-state index contributed by atoms with van der Waals surface area (Å²) in [6.07, 6.45) is 0.307. The Kier molecular flexibility index (Phi) is 10.9. The molecule has 0 heterocycles. The molecule has 3 aromatic carbocycles. The van der Waals surface area contributed by atoms with Crippen molar-refractivity contribution in [3.05, 3.63) is 101 Å². The molecule has 0 spiro atoms. The van der Waals surface area contributed by atoms with E-state index in [1.54, 1.807) is 0 Å². The molecule has 0 fully saturated rings. The Balaban J connectivity index is 1.52. The summed E-state index contributed by atoms with van der Waals surface area (Å²) < 4.78 is 10.6. The number of aromatic carboxylic acids is 1. The lowest BCUT2D eigenvalue weighted by Gasteiger charge is -2.18. The Morgan fingerprint density at radius 1 is 0.769 bits per heavy atom. The Morgan fingerprint density at radius 3 is 2.00 bits per heavy atom. The topological polar surface area (TPSA) is 151 Å². The van der Waals surface area contributed by atoms with E-state index in [0.717, 1.165) is 11.1 Å². The first-order chi connectivity index (χ1) is 18.8. The van der Waals surface area contributed by atoms with Crippen molar-refractivity contribution in [1.82, 2.24) is 10.6 Å². The van der Waals surface area contributed by atoms with Crippen LogP contribution in [0.3, 0.4) is 0 Å². The minimum atomic E-state index is -1.42. The van der Waals surface area contributed by atoms with Crippen LogP contribution in [0.2, 0.25) is 0 Å². The molecule has 0 aromatic heterocycles. The number of hydrogen-bond donors (Lipinski definition) is 4. The smallest absolute Gasteiger partial charge is 0.408 e. The number of unbranched alkanes of at least 4 members (excludes halogenated alkanes) is 1.